The summed E-state index contributed by atoms with van der Waals surface area (Å²) in [4.78, 5) is 25.1. The van der Waals surface area contributed by atoms with Gasteiger partial charge in [0.15, 0.2) is 0 Å². The van der Waals surface area contributed by atoms with Crippen LogP contribution in [0.3, 0.4) is 0 Å². The second-order valence-electron chi connectivity index (χ2n) is 6.64. The Morgan fingerprint density at radius 1 is 1.07 bits per heavy atom. The lowest BCUT2D eigenvalue weighted by Gasteiger charge is -2.22. The zero-order valence-electron chi connectivity index (χ0n) is 15.9. The summed E-state index contributed by atoms with van der Waals surface area (Å²) in [7, 11) is 0. The molecule has 0 aromatic heterocycles. The van der Waals surface area contributed by atoms with Crippen molar-refractivity contribution in [2.45, 2.75) is 33.4 Å². The molecule has 1 unspecified atom stereocenters. The Bertz CT molecular complexity index is 793. The number of carbonyl (C=O) groups excluding carboxylic acids is 2. The fourth-order valence-electron chi connectivity index (χ4n) is 2.65. The van der Waals surface area contributed by atoms with E-state index in [1.807, 2.05) is 39.0 Å². The van der Waals surface area contributed by atoms with Gasteiger partial charge < -0.3 is 16.0 Å². The van der Waals surface area contributed by atoms with Gasteiger partial charge in [-0.15, -0.1) is 0 Å². The first-order valence-corrected chi connectivity index (χ1v) is 9.08. The normalized spacial score (nSPS) is 11.9. The van der Waals surface area contributed by atoms with E-state index in [2.05, 4.69) is 16.0 Å². The minimum atomic E-state index is -0.783. The largest absolute Gasteiger partial charge is 0.340 e. The Morgan fingerprint density at radius 3 is 2.48 bits per heavy atom. The number of rotatable bonds is 8. The van der Waals surface area contributed by atoms with E-state index >= 15 is 0 Å². The Kier molecular flexibility index (Phi) is 7.49. The second-order valence-corrected chi connectivity index (χ2v) is 6.64. The monoisotopic (exact) mass is 371 g/mol. The summed E-state index contributed by atoms with van der Waals surface area (Å²) in [6.07, 6.45) is 0. The number of nitrogens with one attached hydrogen (secondary N) is 3. The minimum absolute atomic E-state index is 0.0800. The van der Waals surface area contributed by atoms with E-state index in [1.165, 1.54) is 18.2 Å². The molecular weight excluding hydrogens is 345 g/mol. The van der Waals surface area contributed by atoms with Gasteiger partial charge in [0.2, 0.25) is 5.91 Å². The maximum Gasteiger partial charge on any atom is 0.254 e. The highest BCUT2D eigenvalue weighted by atomic mass is 19.1. The molecule has 0 saturated heterocycles. The number of halogens is 1. The molecule has 3 N–H and O–H groups in total. The summed E-state index contributed by atoms with van der Waals surface area (Å²) in [5, 5.41) is 8.71. The van der Waals surface area contributed by atoms with Gasteiger partial charge >= 0.3 is 0 Å². The van der Waals surface area contributed by atoms with E-state index < -0.39 is 17.8 Å². The van der Waals surface area contributed by atoms with Crippen LogP contribution in [0.5, 0.6) is 0 Å². The predicted molar refractivity (Wildman–Crippen MR) is 105 cm³/mol. The van der Waals surface area contributed by atoms with Gasteiger partial charge in [-0.05, 0) is 42.3 Å². The lowest BCUT2D eigenvalue weighted by Crippen LogP contribution is -2.47. The number of amides is 2. The van der Waals surface area contributed by atoms with Crippen LogP contribution in [-0.2, 0) is 11.3 Å². The molecule has 0 radical (unpaired) electrons. The van der Waals surface area contributed by atoms with E-state index in [1.54, 1.807) is 12.1 Å². The van der Waals surface area contributed by atoms with Crippen LogP contribution in [-0.4, -0.2) is 24.4 Å². The summed E-state index contributed by atoms with van der Waals surface area (Å²) in [6, 6.07) is 12.4. The summed E-state index contributed by atoms with van der Waals surface area (Å²) in [6.45, 7) is 7.24. The molecule has 0 bridgehead atoms. The lowest BCUT2D eigenvalue weighted by atomic mass is 10.0. The first-order chi connectivity index (χ1) is 12.9. The molecule has 2 aromatic rings. The molecule has 2 rings (SSSR count). The molecule has 2 amide bonds. The molecule has 6 heteroatoms. The van der Waals surface area contributed by atoms with Crippen molar-refractivity contribution in [3.05, 3.63) is 65.5 Å². The number of anilines is 1. The molecule has 27 heavy (non-hydrogen) atoms. The molecule has 0 aliphatic carbocycles. The molecule has 144 valence electrons. The summed E-state index contributed by atoms with van der Waals surface area (Å²) in [5.74, 6) is -1.72. The summed E-state index contributed by atoms with van der Waals surface area (Å²) >= 11 is 0. The van der Waals surface area contributed by atoms with Crippen molar-refractivity contribution in [2.24, 2.45) is 5.92 Å². The molecule has 0 aliphatic heterocycles. The smallest absolute Gasteiger partial charge is 0.254 e. The highest BCUT2D eigenvalue weighted by molar-refractivity contribution is 6.01. The average molecular weight is 371 g/mol. The summed E-state index contributed by atoms with van der Waals surface area (Å²) < 4.78 is 13.8. The van der Waals surface area contributed by atoms with E-state index in [0.29, 0.717) is 12.2 Å². The lowest BCUT2D eigenvalue weighted by molar-refractivity contribution is -0.118. The van der Waals surface area contributed by atoms with Crippen LogP contribution in [0.4, 0.5) is 10.1 Å². The molecule has 0 heterocycles. The van der Waals surface area contributed by atoms with Gasteiger partial charge in [-0.3, -0.25) is 9.59 Å². The quantitative estimate of drug-likeness (QED) is 0.667. The molecule has 0 saturated carbocycles. The first-order valence-electron chi connectivity index (χ1n) is 9.08. The Morgan fingerprint density at radius 2 is 1.81 bits per heavy atom. The zero-order valence-corrected chi connectivity index (χ0v) is 15.9. The molecule has 0 aliphatic rings. The van der Waals surface area contributed by atoms with E-state index in [9.17, 15) is 14.0 Å². The van der Waals surface area contributed by atoms with Gasteiger partial charge in [-0.25, -0.2) is 4.39 Å². The van der Waals surface area contributed by atoms with Crippen molar-refractivity contribution in [1.29, 1.82) is 0 Å². The topological polar surface area (TPSA) is 70.2 Å². The number of hydrogen-bond donors (Lipinski definition) is 3. The molecule has 0 spiro atoms. The molecule has 5 nitrogen and oxygen atoms in total. The molecular formula is C21H26FN3O2. The standard InChI is InChI=1S/C21H26FN3O2/c1-4-23-13-15-8-7-9-16(12-15)24-21(27)19(14(2)3)25-20(26)17-10-5-6-11-18(17)22/h5-12,14,19,23H,4,13H2,1-3H3,(H,24,27)(H,25,26). The van der Waals surface area contributed by atoms with Crippen LogP contribution in [0.1, 0.15) is 36.7 Å². The fraction of sp³-hybridized carbons (Fsp3) is 0.333. The SMILES string of the molecule is CCNCc1cccc(NC(=O)C(NC(=O)c2ccccc2F)C(C)C)c1. The van der Waals surface area contributed by atoms with Crippen molar-refractivity contribution in [2.75, 3.05) is 11.9 Å². The van der Waals surface area contributed by atoms with Gasteiger partial charge in [0.1, 0.15) is 11.9 Å². The minimum Gasteiger partial charge on any atom is -0.340 e. The van der Waals surface area contributed by atoms with Gasteiger partial charge in [-0.1, -0.05) is 45.0 Å². The van der Waals surface area contributed by atoms with Gasteiger partial charge in [0.05, 0.1) is 5.56 Å². The Labute approximate surface area is 159 Å². The van der Waals surface area contributed by atoms with Crippen molar-refractivity contribution in [3.63, 3.8) is 0 Å². The van der Waals surface area contributed by atoms with Crippen LogP contribution in [0.15, 0.2) is 48.5 Å². The van der Waals surface area contributed by atoms with Gasteiger partial charge in [-0.2, -0.15) is 0 Å². The zero-order chi connectivity index (χ0) is 19.8. The third-order valence-electron chi connectivity index (χ3n) is 4.13. The third kappa shape index (κ3) is 5.89. The predicted octanol–water partition coefficient (Wildman–Crippen LogP) is 3.33. The third-order valence-corrected chi connectivity index (χ3v) is 4.13. The molecule has 0 fully saturated rings. The van der Waals surface area contributed by atoms with E-state index in [0.717, 1.165) is 12.1 Å². The van der Waals surface area contributed by atoms with Crippen molar-refractivity contribution in [3.8, 4) is 0 Å². The highest BCUT2D eigenvalue weighted by Crippen LogP contribution is 2.14. The highest BCUT2D eigenvalue weighted by Gasteiger charge is 2.25. The first kappa shape index (κ1) is 20.6. The van der Waals surface area contributed by atoms with E-state index in [4.69, 9.17) is 0 Å². The van der Waals surface area contributed by atoms with Crippen molar-refractivity contribution in [1.82, 2.24) is 10.6 Å². The maximum absolute atomic E-state index is 13.8. The number of carbonyl (C=O) groups is 2. The van der Waals surface area contributed by atoms with Crippen LogP contribution in [0.2, 0.25) is 0 Å². The Hall–Kier alpha value is -2.73. The number of hydrogen-bond acceptors (Lipinski definition) is 3. The molecule has 1 atom stereocenters. The Balaban J connectivity index is 2.09. The van der Waals surface area contributed by atoms with Gasteiger partial charge in [0, 0.05) is 12.2 Å². The summed E-state index contributed by atoms with van der Waals surface area (Å²) in [5.41, 5.74) is 1.62. The van der Waals surface area contributed by atoms with Crippen LogP contribution < -0.4 is 16.0 Å². The second kappa shape index (κ2) is 9.83. The molecule has 2 aromatic carbocycles. The van der Waals surface area contributed by atoms with Crippen molar-refractivity contribution < 1.29 is 14.0 Å². The number of benzene rings is 2. The average Bonchev–Trinajstić information content (AvgIpc) is 2.64. The van der Waals surface area contributed by atoms with Crippen LogP contribution >= 0.6 is 0 Å². The van der Waals surface area contributed by atoms with E-state index in [-0.39, 0.29) is 17.4 Å². The van der Waals surface area contributed by atoms with Gasteiger partial charge in [0.25, 0.3) is 5.91 Å². The van der Waals surface area contributed by atoms with Crippen LogP contribution in [0, 0.1) is 11.7 Å². The fourth-order valence-corrected chi connectivity index (χ4v) is 2.65. The van der Waals surface area contributed by atoms with Crippen LogP contribution in [0.25, 0.3) is 0 Å². The maximum atomic E-state index is 13.8. The van der Waals surface area contributed by atoms with Crippen molar-refractivity contribution >= 4 is 17.5 Å².